The Bertz CT molecular complexity index is 741. The molecule has 4 nitrogen and oxygen atoms in total. The molecule has 2 heterocycles. The number of piperidine rings is 1. The zero-order valence-corrected chi connectivity index (χ0v) is 17.0. The van der Waals surface area contributed by atoms with Gasteiger partial charge in [0.2, 0.25) is 0 Å². The van der Waals surface area contributed by atoms with E-state index < -0.39 is 0 Å². The number of aromatic nitrogens is 1. The monoisotopic (exact) mass is 416 g/mol. The second-order valence-corrected chi connectivity index (χ2v) is 7.87. The molecular weight excluding hydrogens is 395 g/mol. The molecule has 0 amide bonds. The first kappa shape index (κ1) is 20.0. The van der Waals surface area contributed by atoms with E-state index in [2.05, 4.69) is 17.4 Å². The molecule has 0 radical (unpaired) electrons. The molecule has 1 aromatic heterocycles. The maximum atomic E-state index is 6.39. The second-order valence-electron chi connectivity index (χ2n) is 7.06. The molecule has 4 rings (SSSR count). The fourth-order valence-corrected chi connectivity index (χ4v) is 4.06. The molecule has 1 aliphatic heterocycles. The average Bonchev–Trinajstić information content (AvgIpc) is 3.34. The molecule has 2 aliphatic rings. The average molecular weight is 418 g/mol. The van der Waals surface area contributed by atoms with Gasteiger partial charge in [0.05, 0.1) is 22.8 Å². The number of rotatable bonds is 5. The van der Waals surface area contributed by atoms with E-state index in [9.17, 15) is 0 Å². The van der Waals surface area contributed by atoms with Gasteiger partial charge in [-0.05, 0) is 51.3 Å². The Morgan fingerprint density at radius 3 is 2.62 bits per heavy atom. The number of halogens is 3. The smallest absolute Gasteiger partial charge is 0.145 e. The van der Waals surface area contributed by atoms with E-state index in [1.807, 2.05) is 18.2 Å². The summed E-state index contributed by atoms with van der Waals surface area (Å²) in [7, 11) is 0. The van der Waals surface area contributed by atoms with Crippen molar-refractivity contribution in [3.63, 3.8) is 0 Å². The van der Waals surface area contributed by atoms with Gasteiger partial charge in [0.25, 0.3) is 0 Å². The maximum absolute atomic E-state index is 6.39. The normalized spacial score (nSPS) is 22.9. The first-order valence-electron chi connectivity index (χ1n) is 8.91. The van der Waals surface area contributed by atoms with Crippen LogP contribution in [0.3, 0.4) is 0 Å². The predicted molar refractivity (Wildman–Crippen MR) is 106 cm³/mol. The van der Waals surface area contributed by atoms with Gasteiger partial charge in [0.15, 0.2) is 0 Å². The standard InChI is InChI=1S/C19H22Cl2N2O2.ClH/c1-11-9-13(7-8-22-11)24-10-14-18(23-25-19(14)12-5-6-12)17-15(20)3-2-4-16(17)21;/h2-4,11-13,22H,5-10H2,1H3;1H/t11-,13-;/m0./s1. The lowest BCUT2D eigenvalue weighted by molar-refractivity contribution is 0.0122. The van der Waals surface area contributed by atoms with Crippen LogP contribution in [0.15, 0.2) is 22.7 Å². The van der Waals surface area contributed by atoms with Crippen LogP contribution in [0.5, 0.6) is 0 Å². The molecule has 1 saturated heterocycles. The van der Waals surface area contributed by atoms with Gasteiger partial charge < -0.3 is 14.6 Å². The number of nitrogens with one attached hydrogen (secondary N) is 1. The highest BCUT2D eigenvalue weighted by atomic mass is 35.5. The van der Waals surface area contributed by atoms with Crippen LogP contribution in [-0.4, -0.2) is 23.8 Å². The predicted octanol–water partition coefficient (Wildman–Crippen LogP) is 5.60. The zero-order chi connectivity index (χ0) is 17.4. The highest BCUT2D eigenvalue weighted by molar-refractivity contribution is 6.39. The molecular formula is C19H23Cl3N2O2. The second kappa shape index (κ2) is 8.49. The van der Waals surface area contributed by atoms with Crippen LogP contribution in [0.2, 0.25) is 10.0 Å². The van der Waals surface area contributed by atoms with Gasteiger partial charge in [-0.3, -0.25) is 0 Å². The third-order valence-corrected chi connectivity index (χ3v) is 5.64. The van der Waals surface area contributed by atoms with E-state index in [4.69, 9.17) is 32.5 Å². The van der Waals surface area contributed by atoms with Crippen molar-refractivity contribution >= 4 is 35.6 Å². The SMILES string of the molecule is C[C@H]1C[C@@H](OCc2c(-c3c(Cl)cccc3Cl)noc2C2CC2)CCN1.Cl. The Balaban J connectivity index is 0.00000196. The lowest BCUT2D eigenvalue weighted by Crippen LogP contribution is -2.39. The number of nitrogens with zero attached hydrogens (tertiary/aromatic N) is 1. The van der Waals surface area contributed by atoms with Crippen LogP contribution in [0, 0.1) is 0 Å². The fraction of sp³-hybridized carbons (Fsp3) is 0.526. The van der Waals surface area contributed by atoms with Gasteiger partial charge in [-0.25, -0.2) is 0 Å². The van der Waals surface area contributed by atoms with Crippen LogP contribution < -0.4 is 5.32 Å². The number of hydrogen-bond donors (Lipinski definition) is 1. The summed E-state index contributed by atoms with van der Waals surface area (Å²) in [4.78, 5) is 0. The van der Waals surface area contributed by atoms with Crippen molar-refractivity contribution in [3.8, 4) is 11.3 Å². The number of hydrogen-bond acceptors (Lipinski definition) is 4. The Morgan fingerprint density at radius 1 is 1.23 bits per heavy atom. The fourth-order valence-electron chi connectivity index (χ4n) is 3.49. The summed E-state index contributed by atoms with van der Waals surface area (Å²) in [6.45, 7) is 3.68. The highest BCUT2D eigenvalue weighted by Gasteiger charge is 2.34. The third kappa shape index (κ3) is 4.20. The third-order valence-electron chi connectivity index (χ3n) is 5.01. The first-order valence-corrected chi connectivity index (χ1v) is 9.67. The minimum absolute atomic E-state index is 0. The molecule has 1 saturated carbocycles. The summed E-state index contributed by atoms with van der Waals surface area (Å²) in [5, 5.41) is 8.93. The van der Waals surface area contributed by atoms with Gasteiger partial charge in [-0.15, -0.1) is 12.4 Å². The summed E-state index contributed by atoms with van der Waals surface area (Å²) in [6.07, 6.45) is 4.58. The molecule has 1 aromatic carbocycles. The summed E-state index contributed by atoms with van der Waals surface area (Å²) in [6, 6.07) is 5.98. The number of benzene rings is 1. The van der Waals surface area contributed by atoms with Crippen molar-refractivity contribution in [2.24, 2.45) is 0 Å². The highest BCUT2D eigenvalue weighted by Crippen LogP contribution is 2.46. The van der Waals surface area contributed by atoms with Crippen molar-refractivity contribution in [3.05, 3.63) is 39.6 Å². The van der Waals surface area contributed by atoms with Crippen LogP contribution in [0.25, 0.3) is 11.3 Å². The molecule has 0 unspecified atom stereocenters. The molecule has 0 bridgehead atoms. The minimum atomic E-state index is 0. The molecule has 2 atom stereocenters. The van der Waals surface area contributed by atoms with Crippen molar-refractivity contribution in [2.45, 2.75) is 57.3 Å². The van der Waals surface area contributed by atoms with Gasteiger partial charge in [-0.1, -0.05) is 34.4 Å². The summed E-state index contributed by atoms with van der Waals surface area (Å²) in [5.41, 5.74) is 2.46. The van der Waals surface area contributed by atoms with E-state index in [0.29, 0.717) is 28.6 Å². The van der Waals surface area contributed by atoms with Crippen molar-refractivity contribution in [1.29, 1.82) is 0 Å². The lowest BCUT2D eigenvalue weighted by atomic mass is 10.0. The summed E-state index contributed by atoms with van der Waals surface area (Å²) >= 11 is 12.8. The summed E-state index contributed by atoms with van der Waals surface area (Å²) < 4.78 is 11.9. The topological polar surface area (TPSA) is 47.3 Å². The largest absolute Gasteiger partial charge is 0.373 e. The Hall–Kier alpha value is -0.780. The molecule has 2 fully saturated rings. The van der Waals surface area contributed by atoms with Crippen molar-refractivity contribution in [2.75, 3.05) is 6.54 Å². The van der Waals surface area contributed by atoms with Gasteiger partial charge >= 0.3 is 0 Å². The van der Waals surface area contributed by atoms with Gasteiger partial charge in [0.1, 0.15) is 11.5 Å². The van der Waals surface area contributed by atoms with Crippen LogP contribution in [0.4, 0.5) is 0 Å². The van der Waals surface area contributed by atoms with Crippen molar-refractivity contribution < 1.29 is 9.26 Å². The lowest BCUT2D eigenvalue weighted by Gasteiger charge is -2.28. The van der Waals surface area contributed by atoms with Crippen LogP contribution in [0.1, 0.15) is 49.8 Å². The quantitative estimate of drug-likeness (QED) is 0.687. The maximum Gasteiger partial charge on any atom is 0.145 e. The van der Waals surface area contributed by atoms with Crippen LogP contribution >= 0.6 is 35.6 Å². The van der Waals surface area contributed by atoms with E-state index >= 15 is 0 Å². The molecule has 1 N–H and O–H groups in total. The Morgan fingerprint density at radius 2 is 1.96 bits per heavy atom. The Kier molecular flexibility index (Phi) is 6.52. The Labute approximate surface area is 170 Å². The van der Waals surface area contributed by atoms with E-state index in [1.165, 1.54) is 0 Å². The minimum Gasteiger partial charge on any atom is -0.373 e. The molecule has 26 heavy (non-hydrogen) atoms. The van der Waals surface area contributed by atoms with Crippen LogP contribution in [-0.2, 0) is 11.3 Å². The number of ether oxygens (including phenoxy) is 1. The van der Waals surface area contributed by atoms with Crippen molar-refractivity contribution in [1.82, 2.24) is 10.5 Å². The molecule has 7 heteroatoms. The zero-order valence-electron chi connectivity index (χ0n) is 14.6. The molecule has 1 aliphatic carbocycles. The molecule has 142 valence electrons. The van der Waals surface area contributed by atoms with E-state index in [1.54, 1.807) is 0 Å². The van der Waals surface area contributed by atoms with E-state index in [0.717, 1.165) is 54.8 Å². The molecule has 0 spiro atoms. The van der Waals surface area contributed by atoms with Gasteiger partial charge in [-0.2, -0.15) is 0 Å². The summed E-state index contributed by atoms with van der Waals surface area (Å²) in [5.74, 6) is 1.39. The first-order chi connectivity index (χ1) is 12.1. The molecule has 2 aromatic rings. The van der Waals surface area contributed by atoms with Gasteiger partial charge in [0, 0.05) is 23.1 Å². The van der Waals surface area contributed by atoms with E-state index in [-0.39, 0.29) is 18.5 Å².